The highest BCUT2D eigenvalue weighted by Crippen LogP contribution is 2.42. The van der Waals surface area contributed by atoms with Gasteiger partial charge in [0.05, 0.1) is 0 Å². The van der Waals surface area contributed by atoms with Crippen molar-refractivity contribution in [1.29, 1.82) is 0 Å². The lowest BCUT2D eigenvalue weighted by Crippen LogP contribution is -2.46. The largest absolute Gasteiger partial charge is 0.339 e. The number of rotatable bonds is 5. The highest BCUT2D eigenvalue weighted by atomic mass is 35.5. The lowest BCUT2D eigenvalue weighted by Gasteiger charge is -2.36. The third-order valence-electron chi connectivity index (χ3n) is 3.90. The third kappa shape index (κ3) is 2.71. The van der Waals surface area contributed by atoms with Gasteiger partial charge in [-0.1, -0.05) is 19.8 Å². The van der Waals surface area contributed by atoms with Crippen molar-refractivity contribution in [2.75, 3.05) is 12.4 Å². The maximum atomic E-state index is 12.6. The van der Waals surface area contributed by atoms with E-state index in [0.717, 1.165) is 19.3 Å². The molecule has 1 rings (SSSR count). The maximum absolute atomic E-state index is 12.6. The summed E-state index contributed by atoms with van der Waals surface area (Å²) < 4.78 is 0. The van der Waals surface area contributed by atoms with Gasteiger partial charge in [-0.25, -0.2) is 0 Å². The van der Waals surface area contributed by atoms with E-state index in [9.17, 15) is 4.79 Å². The van der Waals surface area contributed by atoms with Crippen LogP contribution in [0.5, 0.6) is 0 Å². The van der Waals surface area contributed by atoms with E-state index in [1.165, 1.54) is 12.8 Å². The molecule has 0 spiro atoms. The zero-order valence-electron chi connectivity index (χ0n) is 10.8. The van der Waals surface area contributed by atoms with Crippen LogP contribution in [-0.4, -0.2) is 29.3 Å². The van der Waals surface area contributed by atoms with Crippen molar-refractivity contribution in [3.8, 4) is 0 Å². The summed E-state index contributed by atoms with van der Waals surface area (Å²) in [6.45, 7) is 6.97. The zero-order chi connectivity index (χ0) is 12.2. The van der Waals surface area contributed by atoms with Crippen LogP contribution in [0.3, 0.4) is 0 Å². The summed E-state index contributed by atoms with van der Waals surface area (Å²) in [5.41, 5.74) is -0.0731. The summed E-state index contributed by atoms with van der Waals surface area (Å²) >= 11 is 5.79. The Hall–Kier alpha value is -0.240. The number of nitrogens with zero attached hydrogens (tertiary/aromatic N) is 1. The molecule has 0 atom stereocenters. The molecule has 1 aliphatic carbocycles. The highest BCUT2D eigenvalue weighted by molar-refractivity contribution is 6.18. The molecule has 1 aliphatic rings. The Kier molecular flexibility index (Phi) is 5.10. The van der Waals surface area contributed by atoms with Crippen LogP contribution in [0.2, 0.25) is 0 Å². The Labute approximate surface area is 104 Å². The standard InChI is InChI=1S/C13H24ClNO/c1-4-13(7-5-6-8-13)12(16)15(10-9-14)11(2)3/h11H,4-10H2,1-3H3. The second kappa shape index (κ2) is 5.90. The minimum Gasteiger partial charge on any atom is -0.339 e. The minimum absolute atomic E-state index is 0.0731. The first kappa shape index (κ1) is 13.8. The molecule has 0 aromatic carbocycles. The summed E-state index contributed by atoms with van der Waals surface area (Å²) in [5, 5.41) is 0. The number of hydrogen-bond donors (Lipinski definition) is 0. The summed E-state index contributed by atoms with van der Waals surface area (Å²) in [5.74, 6) is 0.868. The van der Waals surface area contributed by atoms with E-state index in [1.807, 2.05) is 4.90 Å². The molecule has 0 bridgehead atoms. The number of alkyl halides is 1. The van der Waals surface area contributed by atoms with Crippen molar-refractivity contribution in [1.82, 2.24) is 4.90 Å². The average Bonchev–Trinajstić information content (AvgIpc) is 2.74. The normalized spacial score (nSPS) is 19.1. The number of carbonyl (C=O) groups excluding carboxylic acids is 1. The Morgan fingerprint density at radius 3 is 2.31 bits per heavy atom. The topological polar surface area (TPSA) is 20.3 Å². The molecule has 1 fully saturated rings. The van der Waals surface area contributed by atoms with E-state index in [2.05, 4.69) is 20.8 Å². The summed E-state index contributed by atoms with van der Waals surface area (Å²) in [7, 11) is 0. The predicted molar refractivity (Wildman–Crippen MR) is 68.8 cm³/mol. The molecule has 2 nitrogen and oxygen atoms in total. The second-order valence-electron chi connectivity index (χ2n) is 5.12. The van der Waals surface area contributed by atoms with E-state index in [4.69, 9.17) is 11.6 Å². The molecule has 94 valence electrons. The highest BCUT2D eigenvalue weighted by Gasteiger charge is 2.42. The van der Waals surface area contributed by atoms with Gasteiger partial charge in [-0.3, -0.25) is 4.79 Å². The van der Waals surface area contributed by atoms with Crippen LogP contribution in [0.4, 0.5) is 0 Å². The molecule has 0 aromatic heterocycles. The number of hydrogen-bond acceptors (Lipinski definition) is 1. The van der Waals surface area contributed by atoms with Crippen LogP contribution in [0.1, 0.15) is 52.9 Å². The fourth-order valence-electron chi connectivity index (χ4n) is 2.76. The molecule has 0 saturated heterocycles. The summed E-state index contributed by atoms with van der Waals surface area (Å²) in [6.07, 6.45) is 5.50. The van der Waals surface area contributed by atoms with Crippen molar-refractivity contribution >= 4 is 17.5 Å². The predicted octanol–water partition coefficient (Wildman–Crippen LogP) is 3.43. The minimum atomic E-state index is -0.0731. The SMILES string of the molecule is CCC1(C(=O)N(CCCl)C(C)C)CCCC1. The first-order valence-electron chi connectivity index (χ1n) is 6.44. The van der Waals surface area contributed by atoms with E-state index in [-0.39, 0.29) is 11.5 Å². The van der Waals surface area contributed by atoms with Crippen LogP contribution in [0.15, 0.2) is 0 Å². The lowest BCUT2D eigenvalue weighted by molar-refractivity contribution is -0.143. The summed E-state index contributed by atoms with van der Waals surface area (Å²) in [4.78, 5) is 14.6. The Morgan fingerprint density at radius 2 is 1.94 bits per heavy atom. The van der Waals surface area contributed by atoms with Gasteiger partial charge in [0.1, 0.15) is 0 Å². The molecule has 3 heteroatoms. The number of halogens is 1. The third-order valence-corrected chi connectivity index (χ3v) is 4.07. The molecule has 0 aliphatic heterocycles. The quantitative estimate of drug-likeness (QED) is 0.680. The van der Waals surface area contributed by atoms with Gasteiger partial charge >= 0.3 is 0 Å². The van der Waals surface area contributed by atoms with E-state index in [0.29, 0.717) is 18.3 Å². The lowest BCUT2D eigenvalue weighted by atomic mass is 9.81. The van der Waals surface area contributed by atoms with E-state index in [1.54, 1.807) is 0 Å². The number of amides is 1. The van der Waals surface area contributed by atoms with Crippen molar-refractivity contribution in [3.63, 3.8) is 0 Å². The molecule has 0 aromatic rings. The second-order valence-corrected chi connectivity index (χ2v) is 5.50. The molecule has 1 saturated carbocycles. The average molecular weight is 246 g/mol. The van der Waals surface area contributed by atoms with Crippen LogP contribution in [0.25, 0.3) is 0 Å². The van der Waals surface area contributed by atoms with Gasteiger partial charge in [-0.05, 0) is 33.1 Å². The van der Waals surface area contributed by atoms with Crippen molar-refractivity contribution in [2.24, 2.45) is 5.41 Å². The van der Waals surface area contributed by atoms with Crippen molar-refractivity contribution < 1.29 is 4.79 Å². The fraction of sp³-hybridized carbons (Fsp3) is 0.923. The zero-order valence-corrected chi connectivity index (χ0v) is 11.5. The molecule has 0 heterocycles. The van der Waals surface area contributed by atoms with Gasteiger partial charge in [-0.2, -0.15) is 0 Å². The molecule has 0 N–H and O–H groups in total. The van der Waals surface area contributed by atoms with Gasteiger partial charge in [0.25, 0.3) is 0 Å². The molecule has 0 radical (unpaired) electrons. The van der Waals surface area contributed by atoms with Crippen LogP contribution < -0.4 is 0 Å². The van der Waals surface area contributed by atoms with Gasteiger partial charge in [0.15, 0.2) is 0 Å². The Bertz CT molecular complexity index is 234. The Balaban J connectivity index is 2.79. The first-order valence-corrected chi connectivity index (χ1v) is 6.98. The van der Waals surface area contributed by atoms with Crippen molar-refractivity contribution in [3.05, 3.63) is 0 Å². The summed E-state index contributed by atoms with van der Waals surface area (Å²) in [6, 6.07) is 0.260. The molecule has 16 heavy (non-hydrogen) atoms. The van der Waals surface area contributed by atoms with Crippen LogP contribution >= 0.6 is 11.6 Å². The Morgan fingerprint density at radius 1 is 1.38 bits per heavy atom. The van der Waals surface area contributed by atoms with Gasteiger partial charge in [0, 0.05) is 23.9 Å². The van der Waals surface area contributed by atoms with Crippen LogP contribution in [0, 0.1) is 5.41 Å². The van der Waals surface area contributed by atoms with E-state index < -0.39 is 0 Å². The molecular formula is C13H24ClNO. The molecule has 0 unspecified atom stereocenters. The maximum Gasteiger partial charge on any atom is 0.229 e. The molecular weight excluding hydrogens is 222 g/mol. The molecule has 1 amide bonds. The first-order chi connectivity index (χ1) is 7.57. The monoisotopic (exact) mass is 245 g/mol. The van der Waals surface area contributed by atoms with Gasteiger partial charge in [0.2, 0.25) is 5.91 Å². The van der Waals surface area contributed by atoms with E-state index >= 15 is 0 Å². The number of carbonyl (C=O) groups is 1. The van der Waals surface area contributed by atoms with Crippen molar-refractivity contribution in [2.45, 2.75) is 58.9 Å². The van der Waals surface area contributed by atoms with Gasteiger partial charge < -0.3 is 4.90 Å². The van der Waals surface area contributed by atoms with Gasteiger partial charge in [-0.15, -0.1) is 11.6 Å². The van der Waals surface area contributed by atoms with Crippen LogP contribution in [-0.2, 0) is 4.79 Å². The smallest absolute Gasteiger partial charge is 0.229 e. The fourth-order valence-corrected chi connectivity index (χ4v) is 2.94.